The summed E-state index contributed by atoms with van der Waals surface area (Å²) in [4.78, 5) is 26.1. The first-order valence-electron chi connectivity index (χ1n) is 11.2. The van der Waals surface area contributed by atoms with Crippen LogP contribution in [0.1, 0.15) is 17.5 Å². The monoisotopic (exact) mass is 462 g/mol. The van der Waals surface area contributed by atoms with Crippen molar-refractivity contribution in [1.29, 1.82) is 0 Å². The van der Waals surface area contributed by atoms with Crippen LogP contribution >= 0.6 is 11.6 Å². The molecule has 2 bridgehead atoms. The number of nitrogens with zero attached hydrogens (tertiary/aromatic N) is 2. The molecule has 0 spiro atoms. The summed E-state index contributed by atoms with van der Waals surface area (Å²) in [5.41, 5.74) is 1.58. The summed E-state index contributed by atoms with van der Waals surface area (Å²) < 4.78 is 11.4. The molecule has 0 unspecified atom stereocenters. The van der Waals surface area contributed by atoms with Gasteiger partial charge in [0, 0.05) is 10.6 Å². The third kappa shape index (κ3) is 3.27. The number of imide groups is 1. The summed E-state index contributed by atoms with van der Waals surface area (Å²) in [7, 11) is 1.56. The van der Waals surface area contributed by atoms with Crippen molar-refractivity contribution in [3.63, 3.8) is 0 Å². The molecule has 1 saturated heterocycles. The molecule has 0 radical (unpaired) electrons. The standard InChI is InChI=1S/C26H23ClN2O4/c1-32-22-10-14(6-9-21(22)33-13-15-4-2-3-5-20(15)27)12-28-29-25(30)23-16-7-8-17(19-11-18(16)19)24(23)26(29)31/h2-10,12,16-19,23-24H,11,13H2,1H3/b28-12-/t16-,17-,18-,19+,23+,24-/m1/s1. The van der Waals surface area contributed by atoms with Gasteiger partial charge in [-0.1, -0.05) is 42.0 Å². The lowest BCUT2D eigenvalue weighted by molar-refractivity contribution is -0.140. The quantitative estimate of drug-likeness (QED) is 0.364. The van der Waals surface area contributed by atoms with Crippen LogP contribution in [-0.2, 0) is 16.2 Å². The minimum atomic E-state index is -0.247. The molecular formula is C26H23ClN2O4. The van der Waals surface area contributed by atoms with E-state index in [9.17, 15) is 9.59 Å². The summed E-state index contributed by atoms with van der Waals surface area (Å²) in [5.74, 6) is 1.79. The van der Waals surface area contributed by atoms with E-state index in [2.05, 4.69) is 17.3 Å². The van der Waals surface area contributed by atoms with Gasteiger partial charge in [0.15, 0.2) is 11.5 Å². The van der Waals surface area contributed by atoms with Crippen LogP contribution in [0, 0.1) is 35.5 Å². The van der Waals surface area contributed by atoms with Crippen LogP contribution in [0.15, 0.2) is 59.7 Å². The SMILES string of the molecule is COc1cc(/C=N\N2C(=O)[C@@H]3[C@@H]4C=C[C@H]([C@H]5C[C@@H]45)[C@@H]3C2=O)ccc1OCc1ccccc1Cl. The maximum absolute atomic E-state index is 13.1. The second-order valence-electron chi connectivity index (χ2n) is 9.18. The Balaban J connectivity index is 1.18. The van der Waals surface area contributed by atoms with Crippen molar-refractivity contribution in [2.24, 2.45) is 40.6 Å². The van der Waals surface area contributed by atoms with Gasteiger partial charge in [0.2, 0.25) is 0 Å². The normalized spacial score (nSPS) is 31.2. The van der Waals surface area contributed by atoms with Gasteiger partial charge in [-0.3, -0.25) is 9.59 Å². The Morgan fingerprint density at radius 1 is 1.03 bits per heavy atom. The van der Waals surface area contributed by atoms with Crippen molar-refractivity contribution in [2.75, 3.05) is 7.11 Å². The van der Waals surface area contributed by atoms with Gasteiger partial charge in [-0.15, -0.1) is 0 Å². The number of benzene rings is 2. The highest BCUT2D eigenvalue weighted by molar-refractivity contribution is 6.31. The molecule has 1 aliphatic heterocycles. The molecule has 2 aromatic carbocycles. The third-order valence-electron chi connectivity index (χ3n) is 7.49. The fraction of sp³-hybridized carbons (Fsp3) is 0.346. The number of ether oxygens (including phenoxy) is 2. The molecule has 6 nitrogen and oxygen atoms in total. The van der Waals surface area contributed by atoms with E-state index in [1.165, 1.54) is 6.21 Å². The topological polar surface area (TPSA) is 68.2 Å². The number of hydrogen-bond acceptors (Lipinski definition) is 5. The predicted octanol–water partition coefficient (Wildman–Crippen LogP) is 4.31. The lowest BCUT2D eigenvalue weighted by atomic mass is 9.63. The lowest BCUT2D eigenvalue weighted by Crippen LogP contribution is -2.40. The van der Waals surface area contributed by atoms with E-state index < -0.39 is 0 Å². The van der Waals surface area contributed by atoms with Gasteiger partial charge < -0.3 is 9.47 Å². The molecule has 6 atom stereocenters. The molecule has 1 heterocycles. The summed E-state index contributed by atoms with van der Waals surface area (Å²) >= 11 is 6.20. The number of allylic oxidation sites excluding steroid dienone is 2. The highest BCUT2D eigenvalue weighted by Crippen LogP contribution is 2.65. The Labute approximate surface area is 196 Å². The molecule has 3 fully saturated rings. The molecule has 7 rings (SSSR count). The first-order valence-corrected chi connectivity index (χ1v) is 11.6. The lowest BCUT2D eigenvalue weighted by Gasteiger charge is -2.37. The molecule has 33 heavy (non-hydrogen) atoms. The highest BCUT2D eigenvalue weighted by atomic mass is 35.5. The van der Waals surface area contributed by atoms with Crippen LogP contribution in [0.5, 0.6) is 11.5 Å². The molecule has 2 amide bonds. The predicted molar refractivity (Wildman–Crippen MR) is 123 cm³/mol. The number of hydrazone groups is 1. The summed E-state index contributed by atoms with van der Waals surface area (Å²) in [6, 6.07) is 12.9. The van der Waals surface area contributed by atoms with Crippen molar-refractivity contribution < 1.29 is 19.1 Å². The van der Waals surface area contributed by atoms with Crippen molar-refractivity contribution in [3.05, 3.63) is 70.8 Å². The Hall–Kier alpha value is -3.12. The number of halogens is 1. The van der Waals surface area contributed by atoms with E-state index in [0.717, 1.165) is 17.0 Å². The van der Waals surface area contributed by atoms with Crippen LogP contribution < -0.4 is 9.47 Å². The first-order chi connectivity index (χ1) is 16.1. The number of amides is 2. The van der Waals surface area contributed by atoms with E-state index in [1.54, 1.807) is 19.2 Å². The van der Waals surface area contributed by atoms with Gasteiger partial charge in [-0.2, -0.15) is 10.1 Å². The van der Waals surface area contributed by atoms with Crippen LogP contribution in [0.4, 0.5) is 0 Å². The van der Waals surface area contributed by atoms with Crippen LogP contribution in [-0.4, -0.2) is 30.1 Å². The van der Waals surface area contributed by atoms with Crippen molar-refractivity contribution in [2.45, 2.75) is 13.0 Å². The molecule has 168 valence electrons. The summed E-state index contributed by atoms with van der Waals surface area (Å²) in [6.45, 7) is 0.307. The molecule has 2 saturated carbocycles. The zero-order valence-corrected chi connectivity index (χ0v) is 18.8. The molecular weight excluding hydrogens is 440 g/mol. The number of methoxy groups -OCH3 is 1. The third-order valence-corrected chi connectivity index (χ3v) is 7.86. The highest BCUT2D eigenvalue weighted by Gasteiger charge is 2.67. The van der Waals surface area contributed by atoms with Gasteiger partial charge in [-0.25, -0.2) is 0 Å². The minimum Gasteiger partial charge on any atom is -0.493 e. The molecule has 0 aromatic heterocycles. The molecule has 5 aliphatic rings. The number of carbonyl (C=O) groups excluding carboxylic acids is 2. The van der Waals surface area contributed by atoms with E-state index in [0.29, 0.717) is 40.5 Å². The van der Waals surface area contributed by atoms with E-state index in [-0.39, 0.29) is 35.5 Å². The Morgan fingerprint density at radius 2 is 1.73 bits per heavy atom. The van der Waals surface area contributed by atoms with Gasteiger partial charge in [0.1, 0.15) is 6.61 Å². The average molecular weight is 463 g/mol. The van der Waals surface area contributed by atoms with Crippen molar-refractivity contribution in [3.8, 4) is 11.5 Å². The fourth-order valence-corrected chi connectivity index (χ4v) is 6.02. The maximum Gasteiger partial charge on any atom is 0.254 e. The molecule has 2 aromatic rings. The smallest absolute Gasteiger partial charge is 0.254 e. The van der Waals surface area contributed by atoms with E-state index in [1.807, 2.05) is 30.3 Å². The number of rotatable bonds is 6. The Morgan fingerprint density at radius 3 is 2.39 bits per heavy atom. The Kier molecular flexibility index (Phi) is 4.80. The molecule has 4 aliphatic carbocycles. The maximum atomic E-state index is 13.1. The zero-order valence-electron chi connectivity index (χ0n) is 18.1. The summed E-state index contributed by atoms with van der Waals surface area (Å²) in [6.07, 6.45) is 6.99. The molecule has 0 N–H and O–H groups in total. The van der Waals surface area contributed by atoms with Gasteiger partial charge >= 0.3 is 0 Å². The van der Waals surface area contributed by atoms with Crippen LogP contribution in [0.3, 0.4) is 0 Å². The zero-order chi connectivity index (χ0) is 22.7. The summed E-state index contributed by atoms with van der Waals surface area (Å²) in [5, 5.41) is 6.02. The largest absolute Gasteiger partial charge is 0.493 e. The van der Waals surface area contributed by atoms with Crippen molar-refractivity contribution in [1.82, 2.24) is 5.01 Å². The first kappa shape index (κ1) is 20.5. The van der Waals surface area contributed by atoms with Gasteiger partial charge in [0.05, 0.1) is 25.2 Å². The van der Waals surface area contributed by atoms with Gasteiger partial charge in [-0.05, 0) is 59.9 Å². The van der Waals surface area contributed by atoms with Gasteiger partial charge in [0.25, 0.3) is 11.8 Å². The molecule has 7 heteroatoms. The Bertz CT molecular complexity index is 1170. The van der Waals surface area contributed by atoms with Crippen LogP contribution in [0.25, 0.3) is 0 Å². The van der Waals surface area contributed by atoms with E-state index >= 15 is 0 Å². The number of carbonyl (C=O) groups is 2. The second kappa shape index (κ2) is 7.73. The second-order valence-corrected chi connectivity index (χ2v) is 9.59. The average Bonchev–Trinajstić information content (AvgIpc) is 3.62. The van der Waals surface area contributed by atoms with Crippen LogP contribution in [0.2, 0.25) is 5.02 Å². The fourth-order valence-electron chi connectivity index (χ4n) is 5.83. The van der Waals surface area contributed by atoms with Crippen molar-refractivity contribution >= 4 is 29.6 Å². The van der Waals surface area contributed by atoms with E-state index in [4.69, 9.17) is 21.1 Å². The number of hydrogen-bond donors (Lipinski definition) is 0. The minimum absolute atomic E-state index is 0.169.